The lowest BCUT2D eigenvalue weighted by Gasteiger charge is -2.31. The minimum Gasteiger partial charge on any atom is -0.436 e. The molecule has 0 radical (unpaired) electrons. The van der Waals surface area contributed by atoms with Gasteiger partial charge in [-0.25, -0.2) is 9.37 Å². The molecule has 6 heteroatoms. The molecule has 1 unspecified atom stereocenters. The van der Waals surface area contributed by atoms with Gasteiger partial charge in [-0.05, 0) is 48.9 Å². The number of hydrogen-bond acceptors (Lipinski definition) is 4. The lowest BCUT2D eigenvalue weighted by molar-refractivity contribution is 0.1000. The van der Waals surface area contributed by atoms with Crippen molar-refractivity contribution in [3.63, 3.8) is 0 Å². The van der Waals surface area contributed by atoms with E-state index in [9.17, 15) is 9.18 Å². The largest absolute Gasteiger partial charge is 0.436 e. The number of hydrogen-bond donors (Lipinski definition) is 2. The third kappa shape index (κ3) is 6.53. The first-order chi connectivity index (χ1) is 13.7. The van der Waals surface area contributed by atoms with Crippen molar-refractivity contribution in [3.8, 4) is 11.6 Å². The van der Waals surface area contributed by atoms with Gasteiger partial charge in [0.25, 0.3) is 0 Å². The Morgan fingerprint density at radius 1 is 1.21 bits per heavy atom. The Balaban J connectivity index is 2.20. The van der Waals surface area contributed by atoms with Crippen LogP contribution in [0.2, 0.25) is 0 Å². The number of ether oxygens (including phenoxy) is 1. The van der Waals surface area contributed by atoms with Crippen molar-refractivity contribution < 1.29 is 13.9 Å². The number of nitrogens with zero attached hydrogens (tertiary/aromatic N) is 1. The summed E-state index contributed by atoms with van der Waals surface area (Å²) >= 11 is 0. The first-order valence-electron chi connectivity index (χ1n) is 10.3. The van der Waals surface area contributed by atoms with Crippen LogP contribution >= 0.6 is 0 Å². The number of carbonyl (C=O) groups excluding carboxylic acids is 1. The molecule has 1 heterocycles. The van der Waals surface area contributed by atoms with Gasteiger partial charge in [0.05, 0.1) is 5.56 Å². The molecular formula is C23H32FN3O2. The summed E-state index contributed by atoms with van der Waals surface area (Å²) in [6.45, 7) is 6.49. The molecule has 0 fully saturated rings. The molecule has 1 amide bonds. The highest BCUT2D eigenvalue weighted by atomic mass is 19.1. The second-order valence-corrected chi connectivity index (χ2v) is 8.04. The van der Waals surface area contributed by atoms with Crippen LogP contribution in [0.5, 0.6) is 11.6 Å². The zero-order valence-electron chi connectivity index (χ0n) is 17.6. The van der Waals surface area contributed by atoms with Crippen molar-refractivity contribution >= 4 is 5.91 Å². The molecule has 0 bridgehead atoms. The highest BCUT2D eigenvalue weighted by Gasteiger charge is 2.28. The summed E-state index contributed by atoms with van der Waals surface area (Å²) in [7, 11) is 0. The lowest BCUT2D eigenvalue weighted by Crippen LogP contribution is -2.37. The fraction of sp³-hybridized carbons (Fsp3) is 0.478. The molecule has 0 aliphatic heterocycles. The summed E-state index contributed by atoms with van der Waals surface area (Å²) in [6.07, 6.45) is 7.15. The molecule has 1 aromatic carbocycles. The number of aromatic nitrogens is 1. The van der Waals surface area contributed by atoms with Gasteiger partial charge in [0.1, 0.15) is 0 Å². The smallest absolute Gasteiger partial charge is 0.250 e. The molecule has 1 atom stereocenters. The number of unbranched alkanes of at least 4 members (excludes halogenated alkanes) is 2. The molecule has 0 spiro atoms. The number of amides is 1. The van der Waals surface area contributed by atoms with Crippen LogP contribution in [0.4, 0.5) is 4.39 Å². The van der Waals surface area contributed by atoms with Crippen molar-refractivity contribution in [2.45, 2.75) is 64.8 Å². The summed E-state index contributed by atoms with van der Waals surface area (Å²) < 4.78 is 20.3. The Morgan fingerprint density at radius 3 is 2.52 bits per heavy atom. The maximum absolute atomic E-state index is 14.8. The molecule has 4 N–H and O–H groups in total. The molecule has 0 saturated heterocycles. The van der Waals surface area contributed by atoms with Crippen LogP contribution in [0.15, 0.2) is 36.5 Å². The first-order valence-corrected chi connectivity index (χ1v) is 10.3. The first kappa shape index (κ1) is 22.8. The normalized spacial score (nSPS) is 13.3. The van der Waals surface area contributed by atoms with Crippen LogP contribution in [-0.2, 0) is 5.54 Å². The van der Waals surface area contributed by atoms with E-state index in [4.69, 9.17) is 16.2 Å². The van der Waals surface area contributed by atoms with Gasteiger partial charge in [0, 0.05) is 17.8 Å². The molecule has 0 saturated carbocycles. The number of halogens is 1. The SMILES string of the molecule is CCCCCC(N)(CCC(C)C)c1ccc(Oc2ccc(C(N)=O)cn2)c(F)c1. The van der Waals surface area contributed by atoms with Gasteiger partial charge in [0.2, 0.25) is 11.8 Å². The van der Waals surface area contributed by atoms with E-state index in [2.05, 4.69) is 25.8 Å². The standard InChI is InChI=1S/C23H32FN3O2/c1-4-5-6-12-23(26,13-11-16(2)3)18-8-9-20(19(24)14-18)29-21-10-7-17(15-27-21)22(25)28/h7-10,14-16H,4-6,11-13,26H2,1-3H3,(H2,25,28). The minimum absolute atomic E-state index is 0.0628. The van der Waals surface area contributed by atoms with Gasteiger partial charge in [-0.3, -0.25) is 4.79 Å². The Morgan fingerprint density at radius 2 is 1.97 bits per heavy atom. The van der Waals surface area contributed by atoms with Crippen molar-refractivity contribution in [1.29, 1.82) is 0 Å². The second kappa shape index (κ2) is 10.3. The molecule has 158 valence electrons. The van der Waals surface area contributed by atoms with Gasteiger partial charge in [-0.2, -0.15) is 0 Å². The fourth-order valence-electron chi connectivity index (χ4n) is 3.24. The van der Waals surface area contributed by atoms with Crippen molar-refractivity contribution in [2.24, 2.45) is 17.4 Å². The Hall–Kier alpha value is -2.47. The van der Waals surface area contributed by atoms with Crippen molar-refractivity contribution in [2.75, 3.05) is 0 Å². The van der Waals surface area contributed by atoms with Gasteiger partial charge in [-0.15, -0.1) is 0 Å². The van der Waals surface area contributed by atoms with Gasteiger partial charge in [-0.1, -0.05) is 46.1 Å². The van der Waals surface area contributed by atoms with Crippen LogP contribution in [0, 0.1) is 11.7 Å². The summed E-state index contributed by atoms with van der Waals surface area (Å²) in [5.41, 5.74) is 12.4. The van der Waals surface area contributed by atoms with Crippen molar-refractivity contribution in [3.05, 3.63) is 53.5 Å². The molecule has 2 rings (SSSR count). The Kier molecular flexibility index (Phi) is 8.14. The van der Waals surface area contributed by atoms with Crippen LogP contribution in [0.25, 0.3) is 0 Å². The van der Waals surface area contributed by atoms with E-state index in [0.29, 0.717) is 5.92 Å². The van der Waals surface area contributed by atoms with Gasteiger partial charge < -0.3 is 16.2 Å². The Bertz CT molecular complexity index is 808. The van der Waals surface area contributed by atoms with E-state index in [1.807, 2.05) is 6.07 Å². The monoisotopic (exact) mass is 401 g/mol. The highest BCUT2D eigenvalue weighted by molar-refractivity contribution is 5.92. The number of primary amides is 1. The van der Waals surface area contributed by atoms with Crippen molar-refractivity contribution in [1.82, 2.24) is 4.98 Å². The van der Waals surface area contributed by atoms with E-state index >= 15 is 0 Å². The summed E-state index contributed by atoms with van der Waals surface area (Å²) in [5.74, 6) is -0.288. The highest BCUT2D eigenvalue weighted by Crippen LogP contribution is 2.34. The average Bonchev–Trinajstić information content (AvgIpc) is 2.68. The van der Waals surface area contributed by atoms with E-state index in [-0.39, 0.29) is 17.2 Å². The third-order valence-corrected chi connectivity index (χ3v) is 5.14. The zero-order chi connectivity index (χ0) is 21.4. The lowest BCUT2D eigenvalue weighted by atomic mass is 9.80. The topological polar surface area (TPSA) is 91.2 Å². The van der Waals surface area contributed by atoms with Gasteiger partial charge >= 0.3 is 0 Å². The van der Waals surface area contributed by atoms with Crippen LogP contribution in [0.1, 0.15) is 75.2 Å². The predicted octanol–water partition coefficient (Wildman–Crippen LogP) is 5.28. The summed E-state index contributed by atoms with van der Waals surface area (Å²) in [4.78, 5) is 15.1. The molecule has 1 aromatic heterocycles. The average molecular weight is 402 g/mol. The van der Waals surface area contributed by atoms with E-state index in [1.54, 1.807) is 6.07 Å². The number of nitrogens with two attached hydrogens (primary N) is 2. The summed E-state index contributed by atoms with van der Waals surface area (Å²) in [5, 5.41) is 0. The molecule has 2 aromatic rings. The fourth-order valence-corrected chi connectivity index (χ4v) is 3.24. The number of rotatable bonds is 11. The minimum atomic E-state index is -0.580. The zero-order valence-corrected chi connectivity index (χ0v) is 17.6. The number of benzene rings is 1. The van der Waals surface area contributed by atoms with E-state index in [0.717, 1.165) is 44.1 Å². The maximum Gasteiger partial charge on any atom is 0.250 e. The second-order valence-electron chi connectivity index (χ2n) is 8.04. The summed E-state index contributed by atoms with van der Waals surface area (Å²) in [6, 6.07) is 7.86. The molecule has 29 heavy (non-hydrogen) atoms. The molecule has 0 aliphatic rings. The van der Waals surface area contributed by atoms with Crippen LogP contribution < -0.4 is 16.2 Å². The number of carbonyl (C=O) groups is 1. The number of pyridine rings is 1. The van der Waals surface area contributed by atoms with Gasteiger partial charge in [0.15, 0.2) is 11.6 Å². The maximum atomic E-state index is 14.8. The molecule has 5 nitrogen and oxygen atoms in total. The molecular weight excluding hydrogens is 369 g/mol. The van der Waals surface area contributed by atoms with E-state index < -0.39 is 17.3 Å². The predicted molar refractivity (Wildman–Crippen MR) is 113 cm³/mol. The molecule has 0 aliphatic carbocycles. The quantitative estimate of drug-likeness (QED) is 0.501. The van der Waals surface area contributed by atoms with Crippen LogP contribution in [0.3, 0.4) is 0 Å². The van der Waals surface area contributed by atoms with E-state index in [1.165, 1.54) is 24.4 Å². The Labute approximate surface area is 172 Å². The third-order valence-electron chi connectivity index (χ3n) is 5.14. The van der Waals surface area contributed by atoms with Crippen LogP contribution in [-0.4, -0.2) is 10.9 Å².